The molecule has 2 unspecified atom stereocenters. The molecular weight excluding hydrogens is 436 g/mol. The van der Waals surface area contributed by atoms with Crippen LogP contribution in [0.25, 0.3) is 11.1 Å². The lowest BCUT2D eigenvalue weighted by molar-refractivity contribution is -0.141. The molecule has 34 heavy (non-hydrogen) atoms. The van der Waals surface area contributed by atoms with Gasteiger partial charge in [0.25, 0.3) is 0 Å². The quantitative estimate of drug-likeness (QED) is 0.386. The van der Waals surface area contributed by atoms with Gasteiger partial charge in [0.05, 0.1) is 6.33 Å². The zero-order valence-electron chi connectivity index (χ0n) is 18.7. The molecule has 0 saturated carbocycles. The second-order valence-corrected chi connectivity index (χ2v) is 8.31. The fraction of sp³-hybridized carbons (Fsp3) is 0.280. The van der Waals surface area contributed by atoms with Crippen LogP contribution in [-0.2, 0) is 20.7 Å². The zero-order chi connectivity index (χ0) is 24.1. The molecule has 0 spiro atoms. The van der Waals surface area contributed by atoms with E-state index in [1.165, 1.54) is 12.5 Å². The molecule has 0 radical (unpaired) electrons. The molecule has 176 valence electrons. The maximum absolute atomic E-state index is 12.4. The van der Waals surface area contributed by atoms with Crippen LogP contribution >= 0.6 is 0 Å². The van der Waals surface area contributed by atoms with Crippen LogP contribution < -0.4 is 10.6 Å². The third-order valence-corrected chi connectivity index (χ3v) is 5.81. The van der Waals surface area contributed by atoms with Gasteiger partial charge in [-0.1, -0.05) is 48.5 Å². The maximum Gasteiger partial charge on any atom is 0.407 e. The first kappa shape index (κ1) is 23.0. The summed E-state index contributed by atoms with van der Waals surface area (Å²) in [6.45, 7) is 1.83. The smallest absolute Gasteiger partial charge is 0.407 e. The van der Waals surface area contributed by atoms with E-state index in [-0.39, 0.29) is 25.4 Å². The SMILES string of the molecule is CC(CC(=O)NC(Cc1cnc[nH]1)C(=O)O)NC(=O)OCC1c2ccccc2-c2ccccc21. The summed E-state index contributed by atoms with van der Waals surface area (Å²) < 4.78 is 5.49. The number of benzene rings is 2. The van der Waals surface area contributed by atoms with Gasteiger partial charge in [0, 0.05) is 36.7 Å². The van der Waals surface area contributed by atoms with E-state index in [0.29, 0.717) is 5.69 Å². The molecule has 9 heteroatoms. The third-order valence-electron chi connectivity index (χ3n) is 5.81. The number of nitrogens with zero attached hydrogens (tertiary/aromatic N) is 1. The van der Waals surface area contributed by atoms with E-state index >= 15 is 0 Å². The third kappa shape index (κ3) is 5.25. The topological polar surface area (TPSA) is 133 Å². The van der Waals surface area contributed by atoms with Crippen LogP contribution in [0.3, 0.4) is 0 Å². The van der Waals surface area contributed by atoms with E-state index in [2.05, 4.69) is 32.7 Å². The summed E-state index contributed by atoms with van der Waals surface area (Å²) in [5.74, 6) is -1.70. The molecule has 4 N–H and O–H groups in total. The van der Waals surface area contributed by atoms with Crippen molar-refractivity contribution >= 4 is 18.0 Å². The molecule has 4 rings (SSSR count). The van der Waals surface area contributed by atoms with Crippen molar-refractivity contribution in [1.29, 1.82) is 0 Å². The number of aliphatic carboxylic acids is 1. The number of rotatable bonds is 9. The van der Waals surface area contributed by atoms with E-state index in [1.54, 1.807) is 6.92 Å². The van der Waals surface area contributed by atoms with Crippen molar-refractivity contribution in [3.05, 3.63) is 77.9 Å². The molecule has 3 aromatic rings. The van der Waals surface area contributed by atoms with E-state index < -0.39 is 30.1 Å². The van der Waals surface area contributed by atoms with Gasteiger partial charge in [-0.05, 0) is 29.2 Å². The second-order valence-electron chi connectivity index (χ2n) is 8.31. The highest BCUT2D eigenvalue weighted by Gasteiger charge is 2.29. The first-order chi connectivity index (χ1) is 16.4. The number of carboxylic acid groups (broad SMARTS) is 1. The highest BCUT2D eigenvalue weighted by molar-refractivity contribution is 5.84. The van der Waals surface area contributed by atoms with Gasteiger partial charge in [-0.15, -0.1) is 0 Å². The van der Waals surface area contributed by atoms with Crippen molar-refractivity contribution in [3.8, 4) is 11.1 Å². The number of hydrogen-bond acceptors (Lipinski definition) is 5. The van der Waals surface area contributed by atoms with Gasteiger partial charge in [-0.25, -0.2) is 14.6 Å². The zero-order valence-corrected chi connectivity index (χ0v) is 18.7. The lowest BCUT2D eigenvalue weighted by Crippen LogP contribution is -2.45. The van der Waals surface area contributed by atoms with Crippen LogP contribution in [0.15, 0.2) is 61.1 Å². The number of nitrogens with one attached hydrogen (secondary N) is 3. The standard InChI is InChI=1S/C25H26N4O5/c1-15(10-23(30)29-22(24(31)32)11-16-12-26-14-27-16)28-25(33)34-13-21-19-8-4-2-6-17(19)18-7-3-5-9-20(18)21/h2-9,12,14-15,21-22H,10-11,13H2,1H3,(H,26,27)(H,28,33)(H,29,30)(H,31,32). The minimum absolute atomic E-state index is 0.0597. The predicted octanol–water partition coefficient (Wildman–Crippen LogP) is 2.84. The maximum atomic E-state index is 12.4. The molecular formula is C25H26N4O5. The van der Waals surface area contributed by atoms with E-state index in [0.717, 1.165) is 22.3 Å². The van der Waals surface area contributed by atoms with Crippen LogP contribution in [0.1, 0.15) is 36.1 Å². The van der Waals surface area contributed by atoms with Crippen molar-refractivity contribution in [1.82, 2.24) is 20.6 Å². The number of aromatic amines is 1. The van der Waals surface area contributed by atoms with Gasteiger partial charge in [0.15, 0.2) is 0 Å². The first-order valence-corrected chi connectivity index (χ1v) is 11.0. The van der Waals surface area contributed by atoms with Crippen LogP contribution in [0.5, 0.6) is 0 Å². The summed E-state index contributed by atoms with van der Waals surface area (Å²) in [4.78, 5) is 42.8. The summed E-state index contributed by atoms with van der Waals surface area (Å²) in [6, 6.07) is 14.5. The predicted molar refractivity (Wildman–Crippen MR) is 124 cm³/mol. The van der Waals surface area contributed by atoms with Gasteiger partial charge >= 0.3 is 12.1 Å². The number of fused-ring (bicyclic) bond motifs is 3. The Balaban J connectivity index is 1.28. The Labute approximate surface area is 196 Å². The Morgan fingerprint density at radius 1 is 1.06 bits per heavy atom. The number of aromatic nitrogens is 2. The van der Waals surface area contributed by atoms with Gasteiger partial charge < -0.3 is 25.5 Å². The molecule has 2 atom stereocenters. The number of alkyl carbamates (subject to hydrolysis) is 1. The van der Waals surface area contributed by atoms with Crippen molar-refractivity contribution in [2.75, 3.05) is 6.61 Å². The lowest BCUT2D eigenvalue weighted by Gasteiger charge is -2.18. The van der Waals surface area contributed by atoms with Crippen LogP contribution in [0.4, 0.5) is 4.79 Å². The Hall–Kier alpha value is -4.14. The number of amides is 2. The van der Waals surface area contributed by atoms with Crippen molar-refractivity contribution < 1.29 is 24.2 Å². The Bertz CT molecular complexity index is 1130. The molecule has 0 saturated heterocycles. The summed E-state index contributed by atoms with van der Waals surface area (Å²) in [6.07, 6.45) is 2.31. The molecule has 1 aliphatic carbocycles. The number of imidazole rings is 1. The van der Waals surface area contributed by atoms with Gasteiger partial charge in [0.2, 0.25) is 5.91 Å². The molecule has 0 fully saturated rings. The molecule has 0 aliphatic heterocycles. The minimum atomic E-state index is -1.15. The average molecular weight is 463 g/mol. The van der Waals surface area contributed by atoms with Crippen molar-refractivity contribution in [2.24, 2.45) is 0 Å². The average Bonchev–Trinajstić information content (AvgIpc) is 3.43. The second kappa shape index (κ2) is 10.2. The van der Waals surface area contributed by atoms with E-state index in [4.69, 9.17) is 4.74 Å². The Morgan fingerprint density at radius 2 is 1.71 bits per heavy atom. The number of H-pyrrole nitrogens is 1. The number of hydrogen-bond donors (Lipinski definition) is 4. The number of ether oxygens (including phenoxy) is 1. The highest BCUT2D eigenvalue weighted by atomic mass is 16.5. The van der Waals surface area contributed by atoms with E-state index in [9.17, 15) is 19.5 Å². The normalized spacial score (nSPS) is 13.9. The molecule has 0 bridgehead atoms. The summed E-state index contributed by atoms with van der Waals surface area (Å²) in [7, 11) is 0. The van der Waals surface area contributed by atoms with Crippen molar-refractivity contribution in [2.45, 2.75) is 37.8 Å². The fourth-order valence-electron chi connectivity index (χ4n) is 4.24. The number of carbonyl (C=O) groups is 3. The number of carbonyl (C=O) groups excluding carboxylic acids is 2. The van der Waals surface area contributed by atoms with Crippen molar-refractivity contribution in [3.63, 3.8) is 0 Å². The Morgan fingerprint density at radius 3 is 2.29 bits per heavy atom. The summed E-state index contributed by atoms with van der Waals surface area (Å²) in [5.41, 5.74) is 5.10. The summed E-state index contributed by atoms with van der Waals surface area (Å²) >= 11 is 0. The van der Waals surface area contributed by atoms with Crippen LogP contribution in [-0.4, -0.2) is 51.7 Å². The lowest BCUT2D eigenvalue weighted by atomic mass is 9.98. The monoisotopic (exact) mass is 462 g/mol. The number of carboxylic acids is 1. The molecule has 9 nitrogen and oxygen atoms in total. The van der Waals surface area contributed by atoms with Crippen LogP contribution in [0.2, 0.25) is 0 Å². The molecule has 1 aromatic heterocycles. The van der Waals surface area contributed by atoms with Gasteiger partial charge in [0.1, 0.15) is 12.6 Å². The first-order valence-electron chi connectivity index (χ1n) is 11.0. The highest BCUT2D eigenvalue weighted by Crippen LogP contribution is 2.44. The molecule has 1 aliphatic rings. The van der Waals surface area contributed by atoms with Gasteiger partial charge in [-0.2, -0.15) is 0 Å². The summed E-state index contributed by atoms with van der Waals surface area (Å²) in [5, 5.41) is 14.5. The molecule has 2 aromatic carbocycles. The minimum Gasteiger partial charge on any atom is -0.480 e. The largest absolute Gasteiger partial charge is 0.480 e. The van der Waals surface area contributed by atoms with Crippen LogP contribution in [0, 0.1) is 0 Å². The molecule has 2 amide bonds. The molecule has 1 heterocycles. The fourth-order valence-corrected chi connectivity index (χ4v) is 4.24. The Kier molecular flexibility index (Phi) is 6.91. The van der Waals surface area contributed by atoms with E-state index in [1.807, 2.05) is 36.4 Å². The van der Waals surface area contributed by atoms with Gasteiger partial charge in [-0.3, -0.25) is 4.79 Å².